The molecule has 30 heavy (non-hydrogen) atoms. The fraction of sp³-hybridized carbons (Fsp3) is 0.217. The van der Waals surface area contributed by atoms with Crippen LogP contribution < -0.4 is 10.1 Å². The lowest BCUT2D eigenvalue weighted by atomic mass is 10.1. The van der Waals surface area contributed by atoms with E-state index >= 15 is 0 Å². The van der Waals surface area contributed by atoms with Gasteiger partial charge in [0.05, 0.1) is 19.2 Å². The molecule has 0 atom stereocenters. The van der Waals surface area contributed by atoms with Crippen molar-refractivity contribution in [3.8, 4) is 5.75 Å². The van der Waals surface area contributed by atoms with Gasteiger partial charge in [-0.1, -0.05) is 41.9 Å². The Kier molecular flexibility index (Phi) is 6.79. The quantitative estimate of drug-likeness (QED) is 0.268. The molecule has 1 aromatic heterocycles. The standard InChI is InChI=1S/C23H23ClN2O4/c1-4-30-23(28)19(22(27)25-2)13-18-17-7-5-6-8-20(17)26(21(18)24)14-15-9-11-16(29-3)12-10-15/h5-13H,4,14H2,1-3H3,(H,25,27)/b19-13+. The number of ether oxygens (including phenoxy) is 2. The number of aromatic nitrogens is 1. The molecule has 2 aromatic carbocycles. The molecule has 0 spiro atoms. The summed E-state index contributed by atoms with van der Waals surface area (Å²) < 4.78 is 12.2. The summed E-state index contributed by atoms with van der Waals surface area (Å²) in [4.78, 5) is 24.6. The number of carbonyl (C=O) groups is 2. The van der Waals surface area contributed by atoms with E-state index in [2.05, 4.69) is 5.32 Å². The molecule has 6 nitrogen and oxygen atoms in total. The molecule has 1 N–H and O–H groups in total. The summed E-state index contributed by atoms with van der Waals surface area (Å²) in [6.45, 7) is 2.37. The van der Waals surface area contributed by atoms with Crippen LogP contribution in [0.15, 0.2) is 54.1 Å². The summed E-state index contributed by atoms with van der Waals surface area (Å²) in [6.07, 6.45) is 1.49. The van der Waals surface area contributed by atoms with Crippen molar-refractivity contribution >= 4 is 40.5 Å². The van der Waals surface area contributed by atoms with Gasteiger partial charge in [0.25, 0.3) is 5.91 Å². The number of methoxy groups -OCH3 is 1. The third kappa shape index (κ3) is 4.33. The van der Waals surface area contributed by atoms with Gasteiger partial charge in [-0.25, -0.2) is 4.79 Å². The van der Waals surface area contributed by atoms with E-state index in [4.69, 9.17) is 21.1 Å². The first-order valence-corrected chi connectivity index (χ1v) is 9.88. The van der Waals surface area contributed by atoms with E-state index in [0.29, 0.717) is 17.3 Å². The highest BCUT2D eigenvalue weighted by Crippen LogP contribution is 2.33. The molecule has 0 unspecified atom stereocenters. The number of rotatable bonds is 7. The topological polar surface area (TPSA) is 69.6 Å². The SMILES string of the molecule is CCOC(=O)/C(=C/c1c(Cl)n(Cc2ccc(OC)cc2)c2ccccc12)C(=O)NC. The summed E-state index contributed by atoms with van der Waals surface area (Å²) in [5.74, 6) is -0.452. The fourth-order valence-corrected chi connectivity index (χ4v) is 3.52. The molecular formula is C23H23ClN2O4. The van der Waals surface area contributed by atoms with Crippen molar-refractivity contribution in [2.75, 3.05) is 20.8 Å². The Hall–Kier alpha value is -3.25. The second-order valence-electron chi connectivity index (χ2n) is 6.51. The smallest absolute Gasteiger partial charge is 0.343 e. The van der Waals surface area contributed by atoms with Gasteiger partial charge in [-0.2, -0.15) is 0 Å². The fourth-order valence-electron chi connectivity index (χ4n) is 3.21. The predicted octanol–water partition coefficient (Wildman–Crippen LogP) is 4.04. The van der Waals surface area contributed by atoms with Crippen LogP contribution >= 0.6 is 11.6 Å². The zero-order valence-corrected chi connectivity index (χ0v) is 17.8. The van der Waals surface area contributed by atoms with Gasteiger partial charge in [0.1, 0.15) is 16.5 Å². The van der Waals surface area contributed by atoms with Crippen LogP contribution in [0, 0.1) is 0 Å². The Morgan fingerprint density at radius 2 is 1.83 bits per heavy atom. The summed E-state index contributed by atoms with van der Waals surface area (Å²) in [5.41, 5.74) is 2.41. The number of carbonyl (C=O) groups excluding carboxylic acids is 2. The Labute approximate surface area is 180 Å². The first-order chi connectivity index (χ1) is 14.5. The second kappa shape index (κ2) is 9.50. The molecule has 0 aliphatic carbocycles. The summed E-state index contributed by atoms with van der Waals surface area (Å²) in [5, 5.41) is 3.74. The molecule has 1 amide bonds. The van der Waals surface area contributed by atoms with Gasteiger partial charge in [0.15, 0.2) is 0 Å². The number of esters is 1. The summed E-state index contributed by atoms with van der Waals surface area (Å²) in [6, 6.07) is 15.4. The average Bonchev–Trinajstić information content (AvgIpc) is 3.03. The minimum Gasteiger partial charge on any atom is -0.497 e. The lowest BCUT2D eigenvalue weighted by molar-refractivity contribution is -0.140. The van der Waals surface area contributed by atoms with Crippen molar-refractivity contribution in [2.24, 2.45) is 0 Å². The third-order valence-corrected chi connectivity index (χ3v) is 5.11. The number of likely N-dealkylation sites (N-methyl/N-ethyl adjacent to an activating group) is 1. The van der Waals surface area contributed by atoms with E-state index < -0.39 is 11.9 Å². The van der Waals surface area contributed by atoms with E-state index in [9.17, 15) is 9.59 Å². The van der Waals surface area contributed by atoms with Crippen LogP contribution in [0.25, 0.3) is 17.0 Å². The molecule has 0 saturated carbocycles. The molecule has 0 bridgehead atoms. The van der Waals surface area contributed by atoms with Gasteiger partial charge in [-0.05, 0) is 36.8 Å². The molecule has 0 aliphatic rings. The first-order valence-electron chi connectivity index (χ1n) is 9.50. The average molecular weight is 427 g/mol. The summed E-state index contributed by atoms with van der Waals surface area (Å²) in [7, 11) is 3.08. The molecule has 3 rings (SSSR count). The highest BCUT2D eigenvalue weighted by Gasteiger charge is 2.22. The number of halogens is 1. The minimum atomic E-state index is -0.695. The highest BCUT2D eigenvalue weighted by molar-refractivity contribution is 6.34. The molecule has 7 heteroatoms. The number of hydrogen-bond acceptors (Lipinski definition) is 4. The largest absolute Gasteiger partial charge is 0.497 e. The van der Waals surface area contributed by atoms with Gasteiger partial charge < -0.3 is 19.4 Å². The lowest BCUT2D eigenvalue weighted by Crippen LogP contribution is -2.26. The number of nitrogens with zero attached hydrogens (tertiary/aromatic N) is 1. The van der Waals surface area contributed by atoms with Gasteiger partial charge in [0.2, 0.25) is 0 Å². The number of nitrogens with one attached hydrogen (secondary N) is 1. The van der Waals surface area contributed by atoms with Crippen molar-refractivity contribution in [1.29, 1.82) is 0 Å². The van der Waals surface area contributed by atoms with Crippen LogP contribution in [0.4, 0.5) is 0 Å². The van der Waals surface area contributed by atoms with Crippen LogP contribution in [0.1, 0.15) is 18.1 Å². The van der Waals surface area contributed by atoms with Crippen LogP contribution in [-0.4, -0.2) is 37.2 Å². The summed E-state index contributed by atoms with van der Waals surface area (Å²) >= 11 is 6.74. The van der Waals surface area contributed by atoms with Crippen molar-refractivity contribution < 1.29 is 19.1 Å². The van der Waals surface area contributed by atoms with Crippen molar-refractivity contribution in [1.82, 2.24) is 9.88 Å². The van der Waals surface area contributed by atoms with E-state index in [1.54, 1.807) is 14.0 Å². The maximum absolute atomic E-state index is 12.3. The molecular weight excluding hydrogens is 404 g/mol. The highest BCUT2D eigenvalue weighted by atomic mass is 35.5. The molecule has 0 aliphatic heterocycles. The number of fused-ring (bicyclic) bond motifs is 1. The van der Waals surface area contributed by atoms with Crippen molar-refractivity contribution in [3.63, 3.8) is 0 Å². The first kappa shape index (κ1) is 21.5. The molecule has 1 heterocycles. The van der Waals surface area contributed by atoms with Crippen LogP contribution in [0.2, 0.25) is 5.15 Å². The van der Waals surface area contributed by atoms with Gasteiger partial charge in [0, 0.05) is 24.5 Å². The van der Waals surface area contributed by atoms with Crippen molar-refractivity contribution in [3.05, 3.63) is 70.4 Å². The molecule has 156 valence electrons. The van der Waals surface area contributed by atoms with Crippen LogP contribution in [0.3, 0.4) is 0 Å². The van der Waals surface area contributed by atoms with E-state index in [-0.39, 0.29) is 12.2 Å². The maximum Gasteiger partial charge on any atom is 0.343 e. The Morgan fingerprint density at radius 3 is 2.47 bits per heavy atom. The van der Waals surface area contributed by atoms with E-state index in [1.165, 1.54) is 13.1 Å². The Morgan fingerprint density at radius 1 is 1.13 bits per heavy atom. The second-order valence-corrected chi connectivity index (χ2v) is 6.87. The monoisotopic (exact) mass is 426 g/mol. The molecule has 0 saturated heterocycles. The molecule has 0 radical (unpaired) electrons. The van der Waals surface area contributed by atoms with Crippen LogP contribution in [0.5, 0.6) is 5.75 Å². The number of para-hydroxylation sites is 1. The Bertz CT molecular complexity index is 1100. The minimum absolute atomic E-state index is 0.103. The predicted molar refractivity (Wildman–Crippen MR) is 118 cm³/mol. The molecule has 3 aromatic rings. The van der Waals surface area contributed by atoms with Gasteiger partial charge in [-0.3, -0.25) is 4.79 Å². The Balaban J connectivity index is 2.12. The van der Waals surface area contributed by atoms with Gasteiger partial charge in [-0.15, -0.1) is 0 Å². The normalized spacial score (nSPS) is 11.4. The van der Waals surface area contributed by atoms with Crippen LogP contribution in [-0.2, 0) is 20.9 Å². The third-order valence-electron chi connectivity index (χ3n) is 4.70. The molecule has 0 fully saturated rings. The number of benzene rings is 2. The van der Waals surface area contributed by atoms with Crippen molar-refractivity contribution in [2.45, 2.75) is 13.5 Å². The number of amides is 1. The van der Waals surface area contributed by atoms with E-state index in [0.717, 1.165) is 22.2 Å². The van der Waals surface area contributed by atoms with Gasteiger partial charge >= 0.3 is 5.97 Å². The number of hydrogen-bond donors (Lipinski definition) is 1. The van der Waals surface area contributed by atoms with E-state index in [1.807, 2.05) is 53.1 Å². The zero-order valence-electron chi connectivity index (χ0n) is 17.1. The zero-order chi connectivity index (χ0) is 21.7. The lowest BCUT2D eigenvalue weighted by Gasteiger charge is -2.09. The maximum atomic E-state index is 12.3.